The van der Waals surface area contributed by atoms with Gasteiger partial charge in [0, 0.05) is 25.1 Å². The van der Waals surface area contributed by atoms with Crippen molar-refractivity contribution < 1.29 is 19.4 Å². The first-order valence-corrected chi connectivity index (χ1v) is 8.08. The number of carbonyl (C=O) groups is 2. The second-order valence-electron chi connectivity index (χ2n) is 5.89. The average molecular weight is 337 g/mol. The lowest BCUT2D eigenvalue weighted by atomic mass is 10.0. The molecule has 0 amide bonds. The molecule has 1 aromatic carbocycles. The van der Waals surface area contributed by atoms with E-state index in [1.807, 2.05) is 65.2 Å². The molecule has 1 unspecified atom stereocenters. The van der Waals surface area contributed by atoms with E-state index in [9.17, 15) is 9.59 Å². The summed E-state index contributed by atoms with van der Waals surface area (Å²) in [6, 6.07) is 17.3. The zero-order chi connectivity index (χ0) is 17.8. The summed E-state index contributed by atoms with van der Waals surface area (Å²) in [5.74, 6) is -1.21. The second kappa shape index (κ2) is 7.21. The topological polar surface area (TPSA) is 68.0 Å². The predicted octanol–water partition coefficient (Wildman–Crippen LogP) is 3.61. The summed E-state index contributed by atoms with van der Waals surface area (Å²) in [5, 5.41) is 8.95. The van der Waals surface area contributed by atoms with Crippen molar-refractivity contribution >= 4 is 17.5 Å². The Morgan fingerprint density at radius 3 is 2.56 bits per heavy atom. The first-order valence-electron chi connectivity index (χ1n) is 8.08. The maximum atomic E-state index is 11.7. The summed E-state index contributed by atoms with van der Waals surface area (Å²) in [7, 11) is 0. The van der Waals surface area contributed by atoms with Crippen LogP contribution in [0.15, 0.2) is 60.8 Å². The number of fused-ring (bicyclic) bond motifs is 1. The van der Waals surface area contributed by atoms with Crippen LogP contribution in [-0.2, 0) is 20.7 Å². The minimum atomic E-state index is -0.837. The fourth-order valence-corrected chi connectivity index (χ4v) is 2.93. The van der Waals surface area contributed by atoms with Crippen LogP contribution in [0.1, 0.15) is 36.3 Å². The number of pyridine rings is 1. The van der Waals surface area contributed by atoms with E-state index in [1.165, 1.54) is 6.92 Å². The van der Waals surface area contributed by atoms with Gasteiger partial charge in [-0.15, -0.1) is 0 Å². The minimum absolute atomic E-state index is 0.0554. The molecule has 0 radical (unpaired) electrons. The first kappa shape index (κ1) is 16.8. The van der Waals surface area contributed by atoms with Crippen molar-refractivity contribution in [3.05, 3.63) is 77.6 Å². The Morgan fingerprint density at radius 1 is 1.12 bits per heavy atom. The maximum absolute atomic E-state index is 11.7. The summed E-state index contributed by atoms with van der Waals surface area (Å²) in [5.41, 5.74) is 3.50. The van der Waals surface area contributed by atoms with Crippen LogP contribution in [-0.4, -0.2) is 21.4 Å². The summed E-state index contributed by atoms with van der Waals surface area (Å²) < 4.78 is 7.57. The van der Waals surface area contributed by atoms with Gasteiger partial charge in [-0.3, -0.25) is 9.59 Å². The van der Waals surface area contributed by atoms with Gasteiger partial charge in [-0.25, -0.2) is 0 Å². The van der Waals surface area contributed by atoms with E-state index in [-0.39, 0.29) is 12.4 Å². The van der Waals surface area contributed by atoms with Crippen molar-refractivity contribution in [2.75, 3.05) is 0 Å². The molecule has 0 saturated heterocycles. The lowest BCUT2D eigenvalue weighted by Gasteiger charge is -2.20. The molecule has 2 aromatic heterocycles. The lowest BCUT2D eigenvalue weighted by Crippen LogP contribution is -2.14. The van der Waals surface area contributed by atoms with E-state index < -0.39 is 12.1 Å². The molecule has 5 nitrogen and oxygen atoms in total. The number of carboxylic acids is 1. The van der Waals surface area contributed by atoms with Crippen molar-refractivity contribution in [3.8, 4) is 0 Å². The number of hydrogen-bond donors (Lipinski definition) is 1. The normalized spacial score (nSPS) is 12.0. The molecule has 128 valence electrons. The first-order chi connectivity index (χ1) is 12.0. The number of carbonyl (C=O) groups excluding carboxylic acids is 1. The number of aryl methyl sites for hydroxylation is 1. The van der Waals surface area contributed by atoms with Gasteiger partial charge in [0.25, 0.3) is 0 Å². The number of ether oxygens (including phenoxy) is 1. The lowest BCUT2D eigenvalue weighted by molar-refractivity contribution is -0.145. The molecular weight excluding hydrogens is 318 g/mol. The van der Waals surface area contributed by atoms with Gasteiger partial charge in [-0.1, -0.05) is 30.3 Å². The molecule has 25 heavy (non-hydrogen) atoms. The van der Waals surface area contributed by atoms with Crippen LogP contribution in [0.5, 0.6) is 0 Å². The summed E-state index contributed by atoms with van der Waals surface area (Å²) in [6.07, 6.45) is 1.83. The number of rotatable bonds is 6. The van der Waals surface area contributed by atoms with Gasteiger partial charge in [0.15, 0.2) is 6.10 Å². The van der Waals surface area contributed by atoms with Crippen LogP contribution < -0.4 is 0 Å². The maximum Gasteiger partial charge on any atom is 0.303 e. The molecule has 2 heterocycles. The van der Waals surface area contributed by atoms with E-state index in [2.05, 4.69) is 0 Å². The fraction of sp³-hybridized carbons (Fsp3) is 0.200. The van der Waals surface area contributed by atoms with Crippen LogP contribution in [0.2, 0.25) is 0 Å². The Morgan fingerprint density at radius 2 is 1.88 bits per heavy atom. The van der Waals surface area contributed by atoms with Crippen LogP contribution in [0.4, 0.5) is 0 Å². The van der Waals surface area contributed by atoms with Gasteiger partial charge in [0.1, 0.15) is 0 Å². The molecule has 5 heteroatoms. The van der Waals surface area contributed by atoms with Gasteiger partial charge >= 0.3 is 11.9 Å². The van der Waals surface area contributed by atoms with E-state index in [1.54, 1.807) is 0 Å². The summed E-state index contributed by atoms with van der Waals surface area (Å²) in [4.78, 5) is 22.6. The van der Waals surface area contributed by atoms with Crippen molar-refractivity contribution in [2.45, 2.75) is 25.9 Å². The molecule has 0 bridgehead atoms. The largest absolute Gasteiger partial charge is 0.481 e. The van der Waals surface area contributed by atoms with E-state index in [0.717, 1.165) is 22.3 Å². The molecule has 3 aromatic rings. The molecule has 3 rings (SSSR count). The highest BCUT2D eigenvalue weighted by atomic mass is 16.5. The van der Waals surface area contributed by atoms with Crippen molar-refractivity contribution in [1.29, 1.82) is 0 Å². The van der Waals surface area contributed by atoms with E-state index in [4.69, 9.17) is 9.84 Å². The molecule has 0 aliphatic carbocycles. The Kier molecular flexibility index (Phi) is 4.84. The molecule has 0 fully saturated rings. The molecule has 0 spiro atoms. The standard InChI is InChI=1S/C20H19NO4/c1-14(22)25-20(16-6-3-2-4-7-16)18-13-15(9-10-19(23)24)12-17-8-5-11-21(17)18/h2-8,11-13,20H,9-10H2,1H3,(H,23,24). The highest BCUT2D eigenvalue weighted by Gasteiger charge is 2.21. The van der Waals surface area contributed by atoms with E-state index >= 15 is 0 Å². The molecule has 1 N–H and O–H groups in total. The van der Waals surface area contributed by atoms with Crippen LogP contribution >= 0.6 is 0 Å². The van der Waals surface area contributed by atoms with Gasteiger partial charge in [0.05, 0.1) is 5.69 Å². The highest BCUT2D eigenvalue weighted by Crippen LogP contribution is 2.28. The average Bonchev–Trinajstić information content (AvgIpc) is 3.06. The zero-order valence-corrected chi connectivity index (χ0v) is 13.9. The van der Waals surface area contributed by atoms with Gasteiger partial charge in [-0.05, 0) is 41.8 Å². The Balaban J connectivity index is 2.10. The van der Waals surface area contributed by atoms with Crippen LogP contribution in [0.3, 0.4) is 0 Å². The van der Waals surface area contributed by atoms with Gasteiger partial charge in [0.2, 0.25) is 0 Å². The number of carboxylic acid groups (broad SMARTS) is 1. The third-order valence-electron chi connectivity index (χ3n) is 4.01. The van der Waals surface area contributed by atoms with Gasteiger partial charge < -0.3 is 14.2 Å². The van der Waals surface area contributed by atoms with Gasteiger partial charge in [-0.2, -0.15) is 0 Å². The smallest absolute Gasteiger partial charge is 0.303 e. The Bertz CT molecular complexity index is 898. The van der Waals surface area contributed by atoms with Crippen molar-refractivity contribution in [3.63, 3.8) is 0 Å². The number of nitrogens with zero attached hydrogens (tertiary/aromatic N) is 1. The van der Waals surface area contributed by atoms with Crippen LogP contribution in [0.25, 0.3) is 5.52 Å². The number of esters is 1. The molecule has 0 saturated carbocycles. The quantitative estimate of drug-likeness (QED) is 0.698. The monoisotopic (exact) mass is 337 g/mol. The highest BCUT2D eigenvalue weighted by molar-refractivity contribution is 5.68. The second-order valence-corrected chi connectivity index (χ2v) is 5.89. The number of hydrogen-bond acceptors (Lipinski definition) is 3. The molecule has 0 aliphatic heterocycles. The fourth-order valence-electron chi connectivity index (χ4n) is 2.93. The summed E-state index contributed by atoms with van der Waals surface area (Å²) >= 11 is 0. The van der Waals surface area contributed by atoms with Crippen molar-refractivity contribution in [1.82, 2.24) is 4.40 Å². The molecular formula is C20H19NO4. The third kappa shape index (κ3) is 3.88. The zero-order valence-electron chi connectivity index (χ0n) is 13.9. The number of aromatic nitrogens is 1. The minimum Gasteiger partial charge on any atom is -0.481 e. The van der Waals surface area contributed by atoms with Crippen LogP contribution in [0, 0.1) is 0 Å². The Labute approximate surface area is 145 Å². The number of aliphatic carboxylic acids is 1. The summed E-state index contributed by atoms with van der Waals surface area (Å²) in [6.45, 7) is 1.39. The number of benzene rings is 1. The third-order valence-corrected chi connectivity index (χ3v) is 4.01. The van der Waals surface area contributed by atoms with Crippen molar-refractivity contribution in [2.24, 2.45) is 0 Å². The van der Waals surface area contributed by atoms with E-state index in [0.29, 0.717) is 6.42 Å². The SMILES string of the molecule is CC(=O)OC(c1ccccc1)c1cc(CCC(=O)O)cc2cccn12. The predicted molar refractivity (Wildman–Crippen MR) is 93.4 cm³/mol. The Hall–Kier alpha value is -3.08. The molecule has 0 aliphatic rings. The molecule has 1 atom stereocenters.